The first-order chi connectivity index (χ1) is 8.18. The lowest BCUT2D eigenvalue weighted by molar-refractivity contribution is 0.219. The minimum Gasteiger partial charge on any atom is -0.303 e. The van der Waals surface area contributed by atoms with Gasteiger partial charge < -0.3 is 9.47 Å². The predicted molar refractivity (Wildman–Crippen MR) is 71.8 cm³/mol. The highest BCUT2D eigenvalue weighted by molar-refractivity contribution is 7.71. The van der Waals surface area contributed by atoms with E-state index >= 15 is 0 Å². The van der Waals surface area contributed by atoms with Crippen LogP contribution in [0.15, 0.2) is 0 Å². The van der Waals surface area contributed by atoms with E-state index in [4.69, 9.17) is 12.2 Å². The molecule has 0 amide bonds. The zero-order chi connectivity index (χ0) is 12.3. The summed E-state index contributed by atoms with van der Waals surface area (Å²) in [6.45, 7) is 8.84. The molecule has 4 nitrogen and oxygen atoms in total. The summed E-state index contributed by atoms with van der Waals surface area (Å²) in [6.07, 6.45) is 4.07. The molecule has 0 unspecified atom stereocenters. The molecule has 1 aliphatic heterocycles. The molecule has 0 aliphatic carbocycles. The van der Waals surface area contributed by atoms with Crippen molar-refractivity contribution in [3.63, 3.8) is 0 Å². The van der Waals surface area contributed by atoms with Crippen molar-refractivity contribution in [3.05, 3.63) is 10.6 Å². The first-order valence-corrected chi connectivity index (χ1v) is 6.97. The van der Waals surface area contributed by atoms with E-state index in [1.165, 1.54) is 32.4 Å². The van der Waals surface area contributed by atoms with Crippen molar-refractivity contribution in [2.45, 2.75) is 45.6 Å². The van der Waals surface area contributed by atoms with Crippen molar-refractivity contribution in [2.75, 3.05) is 19.6 Å². The van der Waals surface area contributed by atoms with E-state index in [1.54, 1.807) is 0 Å². The molecule has 0 radical (unpaired) electrons. The van der Waals surface area contributed by atoms with Crippen LogP contribution in [0.25, 0.3) is 0 Å². The van der Waals surface area contributed by atoms with Crippen molar-refractivity contribution in [3.8, 4) is 0 Å². The molecule has 0 spiro atoms. The Morgan fingerprint density at radius 3 is 2.59 bits per heavy atom. The molecule has 1 aromatic heterocycles. The summed E-state index contributed by atoms with van der Waals surface area (Å²) < 4.78 is 2.90. The summed E-state index contributed by atoms with van der Waals surface area (Å²) in [5.74, 6) is 1.50. The Labute approximate surface area is 108 Å². The Morgan fingerprint density at radius 2 is 1.94 bits per heavy atom. The van der Waals surface area contributed by atoms with Gasteiger partial charge in [0.1, 0.15) is 5.82 Å². The third-order valence-corrected chi connectivity index (χ3v) is 3.70. The van der Waals surface area contributed by atoms with Crippen molar-refractivity contribution >= 4 is 12.2 Å². The van der Waals surface area contributed by atoms with Gasteiger partial charge in [-0.05, 0) is 38.1 Å². The lowest BCUT2D eigenvalue weighted by Gasteiger charge is -2.26. The lowest BCUT2D eigenvalue weighted by Crippen LogP contribution is -2.32. The van der Waals surface area contributed by atoms with E-state index < -0.39 is 0 Å². The third-order valence-electron chi connectivity index (χ3n) is 3.39. The van der Waals surface area contributed by atoms with Crippen LogP contribution in [0.2, 0.25) is 0 Å². The number of piperidine rings is 1. The molecule has 1 saturated heterocycles. The zero-order valence-electron chi connectivity index (χ0n) is 10.8. The average Bonchev–Trinajstić information content (AvgIpc) is 2.69. The number of hydrogen-bond donors (Lipinski definition) is 1. The molecule has 1 aliphatic rings. The fourth-order valence-electron chi connectivity index (χ4n) is 2.41. The molecule has 0 saturated carbocycles. The summed E-state index contributed by atoms with van der Waals surface area (Å²) in [4.78, 5) is 2.53. The maximum atomic E-state index is 5.29. The second-order valence-electron chi connectivity index (χ2n) is 5.10. The van der Waals surface area contributed by atoms with Gasteiger partial charge in [0.2, 0.25) is 0 Å². The van der Waals surface area contributed by atoms with Crippen LogP contribution in [0.5, 0.6) is 0 Å². The smallest absolute Gasteiger partial charge is 0.195 e. The molecule has 2 rings (SSSR count). The minimum atomic E-state index is 0.421. The van der Waals surface area contributed by atoms with Crippen LogP contribution in [0, 0.1) is 4.77 Å². The van der Waals surface area contributed by atoms with E-state index in [-0.39, 0.29) is 0 Å². The molecular formula is C12H22N4S. The zero-order valence-corrected chi connectivity index (χ0v) is 11.6. The number of nitrogens with zero attached hydrogens (tertiary/aromatic N) is 3. The third kappa shape index (κ3) is 3.16. The first-order valence-electron chi connectivity index (χ1n) is 6.56. The van der Waals surface area contributed by atoms with Gasteiger partial charge in [-0.1, -0.05) is 20.3 Å². The van der Waals surface area contributed by atoms with Gasteiger partial charge in [0.15, 0.2) is 4.77 Å². The van der Waals surface area contributed by atoms with Crippen LogP contribution in [-0.4, -0.2) is 39.3 Å². The fourth-order valence-corrected chi connectivity index (χ4v) is 2.64. The quantitative estimate of drug-likeness (QED) is 0.839. The van der Waals surface area contributed by atoms with Gasteiger partial charge in [-0.2, -0.15) is 5.10 Å². The van der Waals surface area contributed by atoms with Gasteiger partial charge in [-0.3, -0.25) is 5.10 Å². The minimum absolute atomic E-state index is 0.421. The largest absolute Gasteiger partial charge is 0.303 e. The maximum Gasteiger partial charge on any atom is 0.195 e. The Bertz CT molecular complexity index is 401. The SMILES string of the molecule is CC(C)c1n[nH]c(=S)n1CCN1CCCCC1. The van der Waals surface area contributed by atoms with Gasteiger partial charge in [-0.25, -0.2) is 0 Å². The number of aromatic amines is 1. The van der Waals surface area contributed by atoms with Gasteiger partial charge >= 0.3 is 0 Å². The number of likely N-dealkylation sites (tertiary alicyclic amines) is 1. The molecule has 1 fully saturated rings. The highest BCUT2D eigenvalue weighted by atomic mass is 32.1. The first kappa shape index (κ1) is 12.8. The molecule has 2 heterocycles. The Morgan fingerprint density at radius 1 is 1.24 bits per heavy atom. The maximum absolute atomic E-state index is 5.29. The van der Waals surface area contributed by atoms with E-state index in [2.05, 4.69) is 33.5 Å². The highest BCUT2D eigenvalue weighted by Crippen LogP contribution is 2.13. The monoisotopic (exact) mass is 254 g/mol. The summed E-state index contributed by atoms with van der Waals surface area (Å²) in [5.41, 5.74) is 0. The summed E-state index contributed by atoms with van der Waals surface area (Å²) >= 11 is 5.29. The topological polar surface area (TPSA) is 36.9 Å². The number of aromatic nitrogens is 3. The van der Waals surface area contributed by atoms with Crippen LogP contribution in [-0.2, 0) is 6.54 Å². The molecule has 96 valence electrons. The predicted octanol–water partition coefficient (Wildman–Crippen LogP) is 2.55. The van der Waals surface area contributed by atoms with E-state index in [0.29, 0.717) is 5.92 Å². The summed E-state index contributed by atoms with van der Waals surface area (Å²) in [5, 5.41) is 7.21. The van der Waals surface area contributed by atoms with Crippen molar-refractivity contribution < 1.29 is 0 Å². The normalized spacial score (nSPS) is 17.8. The van der Waals surface area contributed by atoms with E-state index in [1.807, 2.05) is 0 Å². The second kappa shape index (κ2) is 5.78. The second-order valence-corrected chi connectivity index (χ2v) is 5.48. The van der Waals surface area contributed by atoms with Crippen molar-refractivity contribution in [2.24, 2.45) is 0 Å². The van der Waals surface area contributed by atoms with Crippen LogP contribution in [0.3, 0.4) is 0 Å². The summed E-state index contributed by atoms with van der Waals surface area (Å²) in [6, 6.07) is 0. The van der Waals surface area contributed by atoms with Crippen LogP contribution in [0.1, 0.15) is 44.9 Å². The van der Waals surface area contributed by atoms with Crippen LogP contribution in [0.4, 0.5) is 0 Å². The molecular weight excluding hydrogens is 232 g/mol. The molecule has 17 heavy (non-hydrogen) atoms. The van der Waals surface area contributed by atoms with Crippen molar-refractivity contribution in [1.29, 1.82) is 0 Å². The molecule has 0 bridgehead atoms. The molecule has 1 aromatic rings. The van der Waals surface area contributed by atoms with E-state index in [9.17, 15) is 0 Å². The summed E-state index contributed by atoms with van der Waals surface area (Å²) in [7, 11) is 0. The van der Waals surface area contributed by atoms with Crippen LogP contribution < -0.4 is 0 Å². The number of H-pyrrole nitrogens is 1. The Hall–Kier alpha value is -0.680. The number of rotatable bonds is 4. The standard InChI is InChI=1S/C12H22N4S/c1-10(2)11-13-14-12(17)16(11)9-8-15-6-4-3-5-7-15/h10H,3-9H2,1-2H3,(H,14,17). The van der Waals surface area contributed by atoms with Gasteiger partial charge in [0.05, 0.1) is 0 Å². The molecule has 0 aromatic carbocycles. The fraction of sp³-hybridized carbons (Fsp3) is 0.833. The number of hydrogen-bond acceptors (Lipinski definition) is 3. The van der Waals surface area contributed by atoms with Gasteiger partial charge in [-0.15, -0.1) is 0 Å². The highest BCUT2D eigenvalue weighted by Gasteiger charge is 2.13. The van der Waals surface area contributed by atoms with E-state index in [0.717, 1.165) is 23.7 Å². The Balaban J connectivity index is 1.98. The van der Waals surface area contributed by atoms with Crippen molar-refractivity contribution in [1.82, 2.24) is 19.7 Å². The van der Waals surface area contributed by atoms with Gasteiger partial charge in [0.25, 0.3) is 0 Å². The number of nitrogens with one attached hydrogen (secondary N) is 1. The molecule has 0 atom stereocenters. The average molecular weight is 254 g/mol. The lowest BCUT2D eigenvalue weighted by atomic mass is 10.1. The Kier molecular flexibility index (Phi) is 4.34. The molecule has 1 N–H and O–H groups in total. The van der Waals surface area contributed by atoms with Gasteiger partial charge in [0, 0.05) is 19.0 Å². The molecule has 5 heteroatoms. The van der Waals surface area contributed by atoms with Crippen LogP contribution >= 0.6 is 12.2 Å².